The van der Waals surface area contributed by atoms with Gasteiger partial charge in [-0.25, -0.2) is 4.98 Å². The molecule has 1 aliphatic rings. The van der Waals surface area contributed by atoms with Crippen LogP contribution in [0.2, 0.25) is 5.02 Å². The van der Waals surface area contributed by atoms with E-state index in [0.29, 0.717) is 40.5 Å². The second kappa shape index (κ2) is 7.77. The molecule has 3 aromatic rings. The van der Waals surface area contributed by atoms with Gasteiger partial charge in [0.1, 0.15) is 5.56 Å². The lowest BCUT2D eigenvalue weighted by Crippen LogP contribution is -2.31. The van der Waals surface area contributed by atoms with E-state index in [1.807, 2.05) is 19.1 Å². The van der Waals surface area contributed by atoms with Crippen molar-refractivity contribution in [3.8, 4) is 5.88 Å². The van der Waals surface area contributed by atoms with Gasteiger partial charge in [-0.05, 0) is 37.5 Å². The molecule has 1 aromatic carbocycles. The average molecular weight is 401 g/mol. The lowest BCUT2D eigenvalue weighted by atomic mass is 10.0. The van der Waals surface area contributed by atoms with Crippen LogP contribution in [0.5, 0.6) is 5.88 Å². The molecule has 4 rings (SSSR count). The molecule has 1 aliphatic heterocycles. The van der Waals surface area contributed by atoms with Gasteiger partial charge in [0.15, 0.2) is 5.65 Å². The van der Waals surface area contributed by atoms with Crippen molar-refractivity contribution < 1.29 is 14.6 Å². The van der Waals surface area contributed by atoms with Crippen LogP contribution in [0.4, 0.5) is 0 Å². The minimum absolute atomic E-state index is 0.0179. The Morgan fingerprint density at radius 1 is 1.39 bits per heavy atom. The van der Waals surface area contributed by atoms with Gasteiger partial charge in [-0.3, -0.25) is 4.79 Å². The second-order valence-electron chi connectivity index (χ2n) is 6.94. The molecule has 1 saturated heterocycles. The minimum atomic E-state index is -0.276. The number of ether oxygens (including phenoxy) is 1. The summed E-state index contributed by atoms with van der Waals surface area (Å²) in [5.74, 6) is -0.294. The van der Waals surface area contributed by atoms with Gasteiger partial charge in [0.05, 0.1) is 12.3 Å². The number of aryl methyl sites for hydroxylation is 1. The predicted molar refractivity (Wildman–Crippen MR) is 105 cm³/mol. The molecule has 1 fully saturated rings. The quantitative estimate of drug-likeness (QED) is 0.687. The van der Waals surface area contributed by atoms with Crippen molar-refractivity contribution in [2.24, 2.45) is 0 Å². The van der Waals surface area contributed by atoms with Gasteiger partial charge in [-0.2, -0.15) is 9.61 Å². The van der Waals surface area contributed by atoms with Crippen LogP contribution in [-0.2, 0) is 11.2 Å². The van der Waals surface area contributed by atoms with Crippen molar-refractivity contribution >= 4 is 23.2 Å². The molecule has 1 atom stereocenters. The first-order valence-electron chi connectivity index (χ1n) is 9.23. The summed E-state index contributed by atoms with van der Waals surface area (Å²) < 4.78 is 6.83. The standard InChI is InChI=1S/C20H21ClN4O3/c1-12-16(9-13-4-6-14(21)7-5-13)20(27)25-18(24-12)17(11-23-25)19(26)22-10-15-3-2-8-28-15/h4-7,11,15,27H,2-3,8-10H2,1H3,(H,22,26)/t15-/m1/s1. The molecule has 0 unspecified atom stereocenters. The zero-order chi connectivity index (χ0) is 19.7. The fraction of sp³-hybridized carbons (Fsp3) is 0.350. The van der Waals surface area contributed by atoms with Crippen molar-refractivity contribution in [2.45, 2.75) is 32.3 Å². The normalized spacial score (nSPS) is 16.6. The highest BCUT2D eigenvalue weighted by Gasteiger charge is 2.22. The van der Waals surface area contributed by atoms with Crippen LogP contribution in [0.15, 0.2) is 30.5 Å². The molecule has 3 heterocycles. The number of fused-ring (bicyclic) bond motifs is 1. The minimum Gasteiger partial charge on any atom is -0.493 e. The van der Waals surface area contributed by atoms with Crippen LogP contribution in [0.1, 0.15) is 40.0 Å². The Bertz CT molecular complexity index is 1010. The summed E-state index contributed by atoms with van der Waals surface area (Å²) in [6, 6.07) is 7.41. The number of hydrogen-bond acceptors (Lipinski definition) is 5. The number of rotatable bonds is 5. The summed E-state index contributed by atoms with van der Waals surface area (Å²) in [6.07, 6.45) is 3.93. The van der Waals surface area contributed by atoms with Gasteiger partial charge < -0.3 is 15.2 Å². The Kier molecular flexibility index (Phi) is 5.19. The van der Waals surface area contributed by atoms with Crippen LogP contribution in [0, 0.1) is 6.92 Å². The van der Waals surface area contributed by atoms with E-state index in [4.69, 9.17) is 16.3 Å². The number of carbonyl (C=O) groups is 1. The maximum absolute atomic E-state index is 12.6. The van der Waals surface area contributed by atoms with E-state index in [2.05, 4.69) is 15.4 Å². The number of carbonyl (C=O) groups excluding carboxylic acids is 1. The van der Waals surface area contributed by atoms with Crippen molar-refractivity contribution in [3.05, 3.63) is 57.9 Å². The van der Waals surface area contributed by atoms with E-state index in [1.165, 1.54) is 10.7 Å². The van der Waals surface area contributed by atoms with Gasteiger partial charge in [0.2, 0.25) is 5.88 Å². The molecule has 0 bridgehead atoms. The molecule has 1 amide bonds. The molecular weight excluding hydrogens is 380 g/mol. The number of benzene rings is 1. The molecule has 2 aromatic heterocycles. The third kappa shape index (κ3) is 3.68. The molecule has 0 radical (unpaired) electrons. The van der Waals surface area contributed by atoms with Gasteiger partial charge in [0.25, 0.3) is 5.91 Å². The maximum Gasteiger partial charge on any atom is 0.256 e. The molecule has 28 heavy (non-hydrogen) atoms. The summed E-state index contributed by atoms with van der Waals surface area (Å²) in [6.45, 7) is 3.00. The topological polar surface area (TPSA) is 88.8 Å². The Labute approximate surface area is 167 Å². The van der Waals surface area contributed by atoms with E-state index in [-0.39, 0.29) is 17.9 Å². The summed E-state index contributed by atoms with van der Waals surface area (Å²) >= 11 is 5.93. The van der Waals surface area contributed by atoms with Crippen molar-refractivity contribution in [2.75, 3.05) is 13.2 Å². The van der Waals surface area contributed by atoms with E-state index < -0.39 is 0 Å². The second-order valence-corrected chi connectivity index (χ2v) is 7.38. The summed E-state index contributed by atoms with van der Waals surface area (Å²) in [7, 11) is 0. The Balaban J connectivity index is 1.59. The number of aromatic nitrogens is 3. The first-order valence-corrected chi connectivity index (χ1v) is 9.61. The largest absolute Gasteiger partial charge is 0.493 e. The number of hydrogen-bond donors (Lipinski definition) is 2. The molecule has 0 spiro atoms. The summed E-state index contributed by atoms with van der Waals surface area (Å²) in [5.41, 5.74) is 2.96. The van der Waals surface area contributed by atoms with Crippen molar-refractivity contribution in [1.82, 2.24) is 19.9 Å². The number of aromatic hydroxyl groups is 1. The monoisotopic (exact) mass is 400 g/mol. The van der Waals surface area contributed by atoms with Crippen LogP contribution in [0.25, 0.3) is 5.65 Å². The Hall–Kier alpha value is -2.64. The van der Waals surface area contributed by atoms with Gasteiger partial charge >= 0.3 is 0 Å². The first-order chi connectivity index (χ1) is 13.5. The molecule has 8 heteroatoms. The van der Waals surface area contributed by atoms with Crippen LogP contribution < -0.4 is 5.32 Å². The highest BCUT2D eigenvalue weighted by molar-refractivity contribution is 6.30. The lowest BCUT2D eigenvalue weighted by molar-refractivity contribution is 0.0859. The fourth-order valence-electron chi connectivity index (χ4n) is 3.40. The van der Waals surface area contributed by atoms with E-state index >= 15 is 0 Å². The molecule has 0 saturated carbocycles. The average Bonchev–Trinajstić information content (AvgIpc) is 3.34. The van der Waals surface area contributed by atoms with Crippen molar-refractivity contribution in [3.63, 3.8) is 0 Å². The number of nitrogens with zero attached hydrogens (tertiary/aromatic N) is 3. The third-order valence-corrected chi connectivity index (χ3v) is 5.23. The van der Waals surface area contributed by atoms with Crippen molar-refractivity contribution in [1.29, 1.82) is 0 Å². The van der Waals surface area contributed by atoms with Crippen LogP contribution >= 0.6 is 11.6 Å². The predicted octanol–water partition coefficient (Wildman–Crippen LogP) is 2.90. The molecule has 2 N–H and O–H groups in total. The smallest absolute Gasteiger partial charge is 0.256 e. The molecule has 0 aliphatic carbocycles. The van der Waals surface area contributed by atoms with E-state index in [0.717, 1.165) is 25.0 Å². The Morgan fingerprint density at radius 3 is 2.89 bits per heavy atom. The van der Waals surface area contributed by atoms with Gasteiger partial charge in [-0.15, -0.1) is 0 Å². The zero-order valence-corrected chi connectivity index (χ0v) is 16.2. The number of amides is 1. The number of halogens is 1. The van der Waals surface area contributed by atoms with Gasteiger partial charge in [0, 0.05) is 35.9 Å². The molecule has 146 valence electrons. The van der Waals surface area contributed by atoms with Crippen LogP contribution in [-0.4, -0.2) is 44.9 Å². The van der Waals surface area contributed by atoms with Crippen LogP contribution in [0.3, 0.4) is 0 Å². The zero-order valence-electron chi connectivity index (χ0n) is 15.5. The highest BCUT2D eigenvalue weighted by atomic mass is 35.5. The SMILES string of the molecule is Cc1nc2c(C(=O)NC[C@H]3CCCO3)cnn2c(O)c1Cc1ccc(Cl)cc1. The fourth-order valence-corrected chi connectivity index (χ4v) is 3.53. The summed E-state index contributed by atoms with van der Waals surface area (Å²) in [4.78, 5) is 17.1. The van der Waals surface area contributed by atoms with Gasteiger partial charge in [-0.1, -0.05) is 23.7 Å². The number of nitrogens with one attached hydrogen (secondary N) is 1. The maximum atomic E-state index is 12.6. The molecular formula is C20H21ClN4O3. The Morgan fingerprint density at radius 2 is 2.18 bits per heavy atom. The highest BCUT2D eigenvalue weighted by Crippen LogP contribution is 2.26. The van der Waals surface area contributed by atoms with E-state index in [1.54, 1.807) is 12.1 Å². The molecule has 7 nitrogen and oxygen atoms in total. The lowest BCUT2D eigenvalue weighted by Gasteiger charge is -2.11. The first kappa shape index (κ1) is 18.7. The summed E-state index contributed by atoms with van der Waals surface area (Å²) in [5, 5.41) is 18.4. The van der Waals surface area contributed by atoms with E-state index in [9.17, 15) is 9.90 Å². The third-order valence-electron chi connectivity index (χ3n) is 4.98.